The van der Waals surface area contributed by atoms with E-state index in [4.69, 9.17) is 11.6 Å². The largest absolute Gasteiger partial charge is 0.327 e. The summed E-state index contributed by atoms with van der Waals surface area (Å²) < 4.78 is 2.03. The number of para-hydroxylation sites is 1. The fourth-order valence-electron chi connectivity index (χ4n) is 4.50. The van der Waals surface area contributed by atoms with E-state index >= 15 is 0 Å². The van der Waals surface area contributed by atoms with Crippen molar-refractivity contribution in [2.75, 3.05) is 5.32 Å². The van der Waals surface area contributed by atoms with Gasteiger partial charge < -0.3 is 10.6 Å². The van der Waals surface area contributed by atoms with Gasteiger partial charge in [-0.1, -0.05) is 108 Å². The summed E-state index contributed by atoms with van der Waals surface area (Å²) in [4.78, 5) is 13.2. The maximum Gasteiger partial charge on any atom is 0.319 e. The van der Waals surface area contributed by atoms with Gasteiger partial charge in [-0.05, 0) is 54.8 Å². The third-order valence-corrected chi connectivity index (χ3v) is 7.69. The number of hydrogen-bond donors (Lipinski definition) is 2. The summed E-state index contributed by atoms with van der Waals surface area (Å²) in [6.45, 7) is 4.12. The highest BCUT2D eigenvalue weighted by Gasteiger charge is 2.26. The van der Waals surface area contributed by atoms with Crippen molar-refractivity contribution in [3.8, 4) is 5.69 Å². The number of nitrogens with one attached hydrogen (secondary N) is 2. The van der Waals surface area contributed by atoms with E-state index in [0.29, 0.717) is 23.0 Å². The van der Waals surface area contributed by atoms with Crippen LogP contribution in [-0.4, -0.2) is 20.8 Å². The van der Waals surface area contributed by atoms with Gasteiger partial charge in [0.2, 0.25) is 0 Å². The van der Waals surface area contributed by atoms with Crippen LogP contribution in [0, 0.1) is 13.8 Å². The normalized spacial score (nSPS) is 11.7. The van der Waals surface area contributed by atoms with Gasteiger partial charge in [0.15, 0.2) is 11.0 Å². The van der Waals surface area contributed by atoms with E-state index in [1.165, 1.54) is 11.1 Å². The summed E-state index contributed by atoms with van der Waals surface area (Å²) in [5, 5.41) is 16.7. The number of rotatable bonds is 9. The Morgan fingerprint density at radius 2 is 1.60 bits per heavy atom. The Kier molecular flexibility index (Phi) is 8.84. The minimum atomic E-state index is -0.467. The zero-order chi connectivity index (χ0) is 27.9. The summed E-state index contributed by atoms with van der Waals surface area (Å²) in [6.07, 6.45) is 0.531. The Morgan fingerprint density at radius 3 is 2.35 bits per heavy atom. The van der Waals surface area contributed by atoms with E-state index in [0.717, 1.165) is 27.7 Å². The van der Waals surface area contributed by atoms with Crippen LogP contribution in [0.4, 0.5) is 10.5 Å². The molecule has 2 N–H and O–H groups in total. The Bertz CT molecular complexity index is 1590. The first kappa shape index (κ1) is 27.5. The van der Waals surface area contributed by atoms with E-state index in [9.17, 15) is 4.79 Å². The molecular formula is C32H30ClN5OS. The van der Waals surface area contributed by atoms with E-state index in [-0.39, 0.29) is 6.03 Å². The van der Waals surface area contributed by atoms with Gasteiger partial charge in [-0.3, -0.25) is 4.57 Å². The van der Waals surface area contributed by atoms with Crippen molar-refractivity contribution in [3.05, 3.63) is 136 Å². The van der Waals surface area contributed by atoms with Crippen molar-refractivity contribution in [3.63, 3.8) is 0 Å². The van der Waals surface area contributed by atoms with Crippen LogP contribution in [-0.2, 0) is 12.2 Å². The number of thioether (sulfide) groups is 1. The van der Waals surface area contributed by atoms with E-state index < -0.39 is 6.04 Å². The number of carbonyl (C=O) groups excluding carboxylic acids is 1. The van der Waals surface area contributed by atoms with Gasteiger partial charge in [0.1, 0.15) is 0 Å². The van der Waals surface area contributed by atoms with Gasteiger partial charge in [-0.25, -0.2) is 4.79 Å². The maximum atomic E-state index is 13.2. The molecule has 0 saturated heterocycles. The molecule has 202 valence electrons. The lowest BCUT2D eigenvalue weighted by atomic mass is 10.0. The summed E-state index contributed by atoms with van der Waals surface area (Å²) in [6, 6.07) is 32.8. The van der Waals surface area contributed by atoms with Crippen LogP contribution < -0.4 is 10.6 Å². The molecule has 1 heterocycles. The van der Waals surface area contributed by atoms with Crippen molar-refractivity contribution in [1.82, 2.24) is 20.1 Å². The SMILES string of the molecule is Cc1cccc(CSc2nnc(C(Cc3ccccc3)NC(=O)Nc3ccccc3)n2-c2cc(Cl)ccc2C)c1. The van der Waals surface area contributed by atoms with Gasteiger partial charge in [0.05, 0.1) is 11.7 Å². The Labute approximate surface area is 243 Å². The number of urea groups is 1. The molecule has 0 aliphatic carbocycles. The van der Waals surface area contributed by atoms with Gasteiger partial charge in [-0.15, -0.1) is 10.2 Å². The number of aryl methyl sites for hydroxylation is 2. The lowest BCUT2D eigenvalue weighted by Crippen LogP contribution is -2.35. The molecule has 2 amide bonds. The van der Waals surface area contributed by atoms with Gasteiger partial charge in [0.25, 0.3) is 0 Å². The molecule has 0 radical (unpaired) electrons. The van der Waals surface area contributed by atoms with Crippen LogP contribution >= 0.6 is 23.4 Å². The second kappa shape index (κ2) is 12.9. The third-order valence-electron chi connectivity index (χ3n) is 6.45. The number of anilines is 1. The van der Waals surface area contributed by atoms with E-state index in [1.807, 2.05) is 90.4 Å². The smallest absolute Gasteiger partial charge is 0.319 e. The van der Waals surface area contributed by atoms with Crippen molar-refractivity contribution < 1.29 is 4.79 Å². The molecule has 0 aliphatic heterocycles. The molecular weight excluding hydrogens is 538 g/mol. The second-order valence-electron chi connectivity index (χ2n) is 9.59. The highest BCUT2D eigenvalue weighted by Crippen LogP contribution is 2.31. The first-order valence-corrected chi connectivity index (χ1v) is 14.4. The molecule has 4 aromatic carbocycles. The van der Waals surface area contributed by atoms with Crippen LogP contribution in [0.2, 0.25) is 5.02 Å². The monoisotopic (exact) mass is 567 g/mol. The van der Waals surface area contributed by atoms with Gasteiger partial charge >= 0.3 is 6.03 Å². The number of carbonyl (C=O) groups is 1. The molecule has 0 spiro atoms. The van der Waals surface area contributed by atoms with Gasteiger partial charge in [0, 0.05) is 22.9 Å². The standard InChI is InChI=1S/C32H30ClN5OS/c1-22-10-9-13-25(18-22)21-40-32-37-36-30(38(32)29-20-26(33)17-16-23(29)2)28(19-24-11-5-3-6-12-24)35-31(39)34-27-14-7-4-8-15-27/h3-18,20,28H,19,21H2,1-2H3,(H2,34,35,39). The number of benzene rings is 4. The maximum absolute atomic E-state index is 13.2. The Morgan fingerprint density at radius 1 is 0.875 bits per heavy atom. The van der Waals surface area contributed by atoms with Crippen molar-refractivity contribution in [1.29, 1.82) is 0 Å². The first-order valence-electron chi connectivity index (χ1n) is 13.0. The molecule has 0 aliphatic rings. The molecule has 5 aromatic rings. The lowest BCUT2D eigenvalue weighted by molar-refractivity contribution is 0.247. The Hall–Kier alpha value is -4.07. The molecule has 0 fully saturated rings. The zero-order valence-electron chi connectivity index (χ0n) is 22.3. The van der Waals surface area contributed by atoms with Crippen molar-refractivity contribution in [2.45, 2.75) is 37.2 Å². The van der Waals surface area contributed by atoms with Crippen LogP contribution in [0.3, 0.4) is 0 Å². The molecule has 0 saturated carbocycles. The predicted octanol–water partition coefficient (Wildman–Crippen LogP) is 7.94. The molecule has 0 bridgehead atoms. The Balaban J connectivity index is 1.53. The summed E-state index contributed by atoms with van der Waals surface area (Å²) in [5.41, 5.74) is 6.09. The average molecular weight is 568 g/mol. The molecule has 1 atom stereocenters. The molecule has 1 unspecified atom stereocenters. The predicted molar refractivity (Wildman–Crippen MR) is 163 cm³/mol. The number of nitrogens with zero attached hydrogens (tertiary/aromatic N) is 3. The van der Waals surface area contributed by atoms with Crippen LogP contribution in [0.25, 0.3) is 5.69 Å². The van der Waals surface area contributed by atoms with Crippen LogP contribution in [0.5, 0.6) is 0 Å². The van der Waals surface area contributed by atoms with Gasteiger partial charge in [-0.2, -0.15) is 0 Å². The average Bonchev–Trinajstić information content (AvgIpc) is 3.38. The summed E-state index contributed by atoms with van der Waals surface area (Å²) in [5.74, 6) is 1.36. The van der Waals surface area contributed by atoms with E-state index in [1.54, 1.807) is 11.8 Å². The second-order valence-corrected chi connectivity index (χ2v) is 11.0. The fourth-order valence-corrected chi connectivity index (χ4v) is 5.56. The molecule has 8 heteroatoms. The minimum absolute atomic E-state index is 0.321. The molecule has 6 nitrogen and oxygen atoms in total. The zero-order valence-corrected chi connectivity index (χ0v) is 23.9. The highest BCUT2D eigenvalue weighted by atomic mass is 35.5. The molecule has 1 aromatic heterocycles. The number of amides is 2. The third kappa shape index (κ3) is 6.92. The quantitative estimate of drug-likeness (QED) is 0.177. The lowest BCUT2D eigenvalue weighted by Gasteiger charge is -2.21. The number of hydrogen-bond acceptors (Lipinski definition) is 4. The van der Waals surface area contributed by atoms with E-state index in [2.05, 4.69) is 52.0 Å². The van der Waals surface area contributed by atoms with Crippen molar-refractivity contribution in [2.24, 2.45) is 0 Å². The van der Waals surface area contributed by atoms with Crippen molar-refractivity contribution >= 4 is 35.1 Å². The summed E-state index contributed by atoms with van der Waals surface area (Å²) >= 11 is 8.07. The number of halogens is 1. The highest BCUT2D eigenvalue weighted by molar-refractivity contribution is 7.98. The molecule has 40 heavy (non-hydrogen) atoms. The van der Waals surface area contributed by atoms with Crippen LogP contribution in [0.15, 0.2) is 108 Å². The number of aromatic nitrogens is 3. The molecule has 5 rings (SSSR count). The van der Waals surface area contributed by atoms with Crippen LogP contribution in [0.1, 0.15) is 34.1 Å². The minimum Gasteiger partial charge on any atom is -0.327 e. The summed E-state index contributed by atoms with van der Waals surface area (Å²) in [7, 11) is 0. The first-order chi connectivity index (χ1) is 19.5. The topological polar surface area (TPSA) is 71.8 Å². The fraction of sp³-hybridized carbons (Fsp3) is 0.156.